The molecule has 3 heteroatoms. The molecule has 0 aromatic carbocycles. The summed E-state index contributed by atoms with van der Waals surface area (Å²) in [7, 11) is 0. The first kappa shape index (κ1) is 8.20. The molecule has 0 spiro atoms. The summed E-state index contributed by atoms with van der Waals surface area (Å²) in [5.74, 6) is 0.751. The maximum atomic E-state index is 8.79. The van der Waals surface area contributed by atoms with Gasteiger partial charge in [0.25, 0.3) is 0 Å². The fourth-order valence-corrected chi connectivity index (χ4v) is 2.51. The Morgan fingerprint density at radius 2 is 2.33 bits per heavy atom. The number of rotatable bonds is 3. The molecule has 1 aromatic heterocycles. The second-order valence-electron chi connectivity index (χ2n) is 3.31. The van der Waals surface area contributed by atoms with Crippen LogP contribution >= 0.6 is 11.3 Å². The molecule has 1 aliphatic carbocycles. The van der Waals surface area contributed by atoms with Gasteiger partial charge in [0.15, 0.2) is 0 Å². The van der Waals surface area contributed by atoms with Crippen molar-refractivity contribution in [1.82, 2.24) is 4.98 Å². The molecule has 1 heterocycles. The van der Waals surface area contributed by atoms with Crippen LogP contribution in [0.5, 0.6) is 0 Å². The Kier molecular flexibility index (Phi) is 2.15. The summed E-state index contributed by atoms with van der Waals surface area (Å²) in [5, 5.41) is 10.1. The van der Waals surface area contributed by atoms with Gasteiger partial charge in [-0.1, -0.05) is 0 Å². The molecular formula is C9H13NOS. The third kappa shape index (κ3) is 1.52. The van der Waals surface area contributed by atoms with Gasteiger partial charge >= 0.3 is 0 Å². The lowest BCUT2D eigenvalue weighted by atomic mass is 10.3. The van der Waals surface area contributed by atoms with E-state index >= 15 is 0 Å². The van der Waals surface area contributed by atoms with Gasteiger partial charge in [0.05, 0.1) is 10.7 Å². The van der Waals surface area contributed by atoms with E-state index in [2.05, 4.69) is 4.98 Å². The molecule has 1 aliphatic rings. The van der Waals surface area contributed by atoms with Crippen LogP contribution in [-0.2, 0) is 6.42 Å². The van der Waals surface area contributed by atoms with Crippen LogP contribution in [0.15, 0.2) is 0 Å². The Morgan fingerprint density at radius 3 is 2.92 bits per heavy atom. The average Bonchev–Trinajstić information content (AvgIpc) is 2.80. The molecule has 0 unspecified atom stereocenters. The molecule has 0 aliphatic heterocycles. The molecular weight excluding hydrogens is 170 g/mol. The summed E-state index contributed by atoms with van der Waals surface area (Å²) in [6.45, 7) is 2.28. The van der Waals surface area contributed by atoms with Crippen LogP contribution in [0, 0.1) is 6.92 Å². The lowest BCUT2D eigenvalue weighted by molar-refractivity contribution is 0.300. The smallest absolute Gasteiger partial charge is 0.0961 e. The topological polar surface area (TPSA) is 33.1 Å². The van der Waals surface area contributed by atoms with Crippen LogP contribution in [0.3, 0.4) is 0 Å². The highest BCUT2D eigenvalue weighted by Crippen LogP contribution is 2.42. The normalized spacial score (nSPS) is 16.8. The Hall–Kier alpha value is -0.410. The fraction of sp³-hybridized carbons (Fsp3) is 0.667. The van der Waals surface area contributed by atoms with Crippen molar-refractivity contribution in [2.45, 2.75) is 32.1 Å². The van der Waals surface area contributed by atoms with Gasteiger partial charge in [-0.3, -0.25) is 0 Å². The number of aliphatic hydroxyl groups is 1. The lowest BCUT2D eigenvalue weighted by Crippen LogP contribution is -1.88. The zero-order valence-electron chi connectivity index (χ0n) is 7.21. The SMILES string of the molecule is Cc1nc(C2CC2)sc1CCO. The van der Waals surface area contributed by atoms with Gasteiger partial charge in [-0.05, 0) is 19.8 Å². The van der Waals surface area contributed by atoms with Crippen molar-refractivity contribution < 1.29 is 5.11 Å². The maximum absolute atomic E-state index is 8.79. The van der Waals surface area contributed by atoms with Crippen molar-refractivity contribution in [2.24, 2.45) is 0 Å². The zero-order chi connectivity index (χ0) is 8.55. The third-order valence-corrected chi connectivity index (χ3v) is 3.55. The van der Waals surface area contributed by atoms with E-state index in [1.807, 2.05) is 6.92 Å². The fourth-order valence-electron chi connectivity index (χ4n) is 1.29. The van der Waals surface area contributed by atoms with Gasteiger partial charge < -0.3 is 5.11 Å². The summed E-state index contributed by atoms with van der Waals surface area (Å²) in [6.07, 6.45) is 3.40. The number of nitrogens with zero attached hydrogens (tertiary/aromatic N) is 1. The first-order valence-corrected chi connectivity index (χ1v) is 5.20. The summed E-state index contributed by atoms with van der Waals surface area (Å²) < 4.78 is 0. The quantitative estimate of drug-likeness (QED) is 0.776. The first-order valence-electron chi connectivity index (χ1n) is 4.38. The van der Waals surface area contributed by atoms with Gasteiger partial charge in [0, 0.05) is 23.8 Å². The van der Waals surface area contributed by atoms with Crippen LogP contribution < -0.4 is 0 Å². The van der Waals surface area contributed by atoms with Crippen molar-refractivity contribution >= 4 is 11.3 Å². The van der Waals surface area contributed by atoms with Crippen molar-refractivity contribution in [2.75, 3.05) is 6.61 Å². The minimum atomic E-state index is 0.243. The second-order valence-corrected chi connectivity index (χ2v) is 4.42. The van der Waals surface area contributed by atoms with Crippen LogP contribution in [0.1, 0.15) is 34.3 Å². The second kappa shape index (κ2) is 3.15. The standard InChI is InChI=1S/C9H13NOS/c1-6-8(4-5-11)12-9(10-6)7-2-3-7/h7,11H,2-5H2,1H3. The molecule has 1 saturated carbocycles. The van der Waals surface area contributed by atoms with E-state index in [4.69, 9.17) is 5.11 Å². The van der Waals surface area contributed by atoms with Crippen LogP contribution in [-0.4, -0.2) is 16.7 Å². The molecule has 2 nitrogen and oxygen atoms in total. The zero-order valence-corrected chi connectivity index (χ0v) is 8.02. The number of thiazole rings is 1. The summed E-state index contributed by atoms with van der Waals surface area (Å²) in [6, 6.07) is 0. The van der Waals surface area contributed by atoms with Crippen molar-refractivity contribution in [3.63, 3.8) is 0 Å². The van der Waals surface area contributed by atoms with E-state index in [1.165, 1.54) is 22.7 Å². The highest BCUT2D eigenvalue weighted by molar-refractivity contribution is 7.11. The molecule has 0 radical (unpaired) electrons. The number of hydrogen-bond donors (Lipinski definition) is 1. The third-order valence-electron chi connectivity index (χ3n) is 2.17. The predicted octanol–water partition coefficient (Wildman–Crippen LogP) is 1.86. The van der Waals surface area contributed by atoms with E-state index in [0.29, 0.717) is 0 Å². The van der Waals surface area contributed by atoms with E-state index in [0.717, 1.165) is 18.0 Å². The molecule has 66 valence electrons. The average molecular weight is 183 g/mol. The van der Waals surface area contributed by atoms with E-state index in [-0.39, 0.29) is 6.61 Å². The summed E-state index contributed by atoms with van der Waals surface area (Å²) in [4.78, 5) is 5.76. The predicted molar refractivity (Wildman–Crippen MR) is 49.6 cm³/mol. The monoisotopic (exact) mass is 183 g/mol. The number of aryl methyl sites for hydroxylation is 1. The molecule has 12 heavy (non-hydrogen) atoms. The minimum absolute atomic E-state index is 0.243. The molecule has 0 bridgehead atoms. The minimum Gasteiger partial charge on any atom is -0.396 e. The van der Waals surface area contributed by atoms with Crippen molar-refractivity contribution in [1.29, 1.82) is 0 Å². The van der Waals surface area contributed by atoms with E-state index in [9.17, 15) is 0 Å². The Labute approximate surface area is 76.3 Å². The Balaban J connectivity index is 2.18. The van der Waals surface area contributed by atoms with E-state index < -0.39 is 0 Å². The molecule has 0 saturated heterocycles. The Morgan fingerprint density at radius 1 is 1.58 bits per heavy atom. The number of hydrogen-bond acceptors (Lipinski definition) is 3. The summed E-state index contributed by atoms with van der Waals surface area (Å²) >= 11 is 1.78. The highest BCUT2D eigenvalue weighted by Gasteiger charge is 2.27. The molecule has 1 N–H and O–H groups in total. The molecule has 0 atom stereocenters. The molecule has 1 fully saturated rings. The Bertz CT molecular complexity index is 278. The van der Waals surface area contributed by atoms with Crippen molar-refractivity contribution in [3.8, 4) is 0 Å². The molecule has 1 aromatic rings. The number of aromatic nitrogens is 1. The van der Waals surface area contributed by atoms with Gasteiger partial charge in [-0.15, -0.1) is 11.3 Å². The van der Waals surface area contributed by atoms with Gasteiger partial charge in [-0.25, -0.2) is 4.98 Å². The lowest BCUT2D eigenvalue weighted by Gasteiger charge is -1.90. The highest BCUT2D eigenvalue weighted by atomic mass is 32.1. The van der Waals surface area contributed by atoms with Gasteiger partial charge in [0.2, 0.25) is 0 Å². The maximum Gasteiger partial charge on any atom is 0.0961 e. The van der Waals surface area contributed by atoms with Crippen LogP contribution in [0.25, 0.3) is 0 Å². The van der Waals surface area contributed by atoms with E-state index in [1.54, 1.807) is 11.3 Å². The van der Waals surface area contributed by atoms with Crippen LogP contribution in [0.2, 0.25) is 0 Å². The number of aliphatic hydroxyl groups excluding tert-OH is 1. The van der Waals surface area contributed by atoms with Gasteiger partial charge in [0.1, 0.15) is 0 Å². The van der Waals surface area contributed by atoms with Crippen molar-refractivity contribution in [3.05, 3.63) is 15.6 Å². The van der Waals surface area contributed by atoms with Crippen LogP contribution in [0.4, 0.5) is 0 Å². The van der Waals surface area contributed by atoms with Gasteiger partial charge in [-0.2, -0.15) is 0 Å². The molecule has 0 amide bonds. The molecule has 2 rings (SSSR count). The largest absolute Gasteiger partial charge is 0.396 e. The summed E-state index contributed by atoms with van der Waals surface area (Å²) in [5.41, 5.74) is 1.12. The first-order chi connectivity index (χ1) is 5.81.